The number of ether oxygens (including phenoxy) is 2. The lowest BCUT2D eigenvalue weighted by atomic mass is 10.0. The molecule has 0 aliphatic heterocycles. The standard InChI is InChI=1S/C18H20O3/c1-12(2)13(3)11-21-16-10-9-14-7-5-6-8-15(14)17(16)18(19)20-4/h5-10H,11H2,1-4H3. The van der Waals surface area contributed by atoms with Crippen LogP contribution in [0.3, 0.4) is 0 Å². The Kier molecular flexibility index (Phi) is 4.63. The fraction of sp³-hybridized carbons (Fsp3) is 0.278. The minimum absolute atomic E-state index is 0.378. The van der Waals surface area contributed by atoms with E-state index in [2.05, 4.69) is 0 Å². The molecule has 0 aliphatic carbocycles. The molecular formula is C18H20O3. The molecule has 0 fully saturated rings. The predicted octanol–water partition coefficient (Wildman–Crippen LogP) is 4.36. The molecule has 0 heterocycles. The van der Waals surface area contributed by atoms with Crippen LogP contribution in [0.4, 0.5) is 0 Å². The summed E-state index contributed by atoms with van der Waals surface area (Å²) in [4.78, 5) is 12.1. The molecule has 0 aliphatic rings. The molecule has 2 rings (SSSR count). The average molecular weight is 284 g/mol. The third kappa shape index (κ3) is 3.24. The van der Waals surface area contributed by atoms with Gasteiger partial charge in [0, 0.05) is 0 Å². The molecule has 0 radical (unpaired) electrons. The second-order valence-corrected chi connectivity index (χ2v) is 5.22. The molecule has 2 aromatic rings. The predicted molar refractivity (Wildman–Crippen MR) is 84.8 cm³/mol. The Morgan fingerprint density at radius 1 is 1.05 bits per heavy atom. The highest BCUT2D eigenvalue weighted by Gasteiger charge is 2.17. The third-order valence-electron chi connectivity index (χ3n) is 3.58. The van der Waals surface area contributed by atoms with Crippen LogP contribution in [0.2, 0.25) is 0 Å². The Morgan fingerprint density at radius 3 is 2.43 bits per heavy atom. The van der Waals surface area contributed by atoms with Crippen molar-refractivity contribution in [2.45, 2.75) is 20.8 Å². The van der Waals surface area contributed by atoms with Gasteiger partial charge in [0.15, 0.2) is 0 Å². The molecule has 2 aromatic carbocycles. The molecule has 0 atom stereocenters. The van der Waals surface area contributed by atoms with Crippen LogP contribution in [0.1, 0.15) is 31.1 Å². The van der Waals surface area contributed by atoms with E-state index in [1.165, 1.54) is 12.7 Å². The maximum absolute atomic E-state index is 12.1. The highest BCUT2D eigenvalue weighted by atomic mass is 16.5. The molecular weight excluding hydrogens is 264 g/mol. The summed E-state index contributed by atoms with van der Waals surface area (Å²) in [5, 5.41) is 1.83. The molecule has 0 bridgehead atoms. The number of allylic oxidation sites excluding steroid dienone is 1. The normalized spacial score (nSPS) is 10.3. The molecule has 0 unspecified atom stereocenters. The van der Waals surface area contributed by atoms with E-state index in [0.29, 0.717) is 17.9 Å². The van der Waals surface area contributed by atoms with Crippen molar-refractivity contribution < 1.29 is 14.3 Å². The van der Waals surface area contributed by atoms with Gasteiger partial charge in [0.25, 0.3) is 0 Å². The summed E-state index contributed by atoms with van der Waals surface area (Å²) in [5.74, 6) is 0.179. The number of hydrogen-bond donors (Lipinski definition) is 0. The molecule has 0 aromatic heterocycles. The van der Waals surface area contributed by atoms with Gasteiger partial charge < -0.3 is 9.47 Å². The van der Waals surface area contributed by atoms with E-state index in [-0.39, 0.29) is 5.97 Å². The van der Waals surface area contributed by atoms with Gasteiger partial charge in [-0.15, -0.1) is 0 Å². The van der Waals surface area contributed by atoms with Crippen LogP contribution in [0, 0.1) is 0 Å². The Hall–Kier alpha value is -2.29. The highest BCUT2D eigenvalue weighted by molar-refractivity contribution is 6.07. The van der Waals surface area contributed by atoms with Gasteiger partial charge in [0.1, 0.15) is 17.9 Å². The Morgan fingerprint density at radius 2 is 1.76 bits per heavy atom. The lowest BCUT2D eigenvalue weighted by molar-refractivity contribution is 0.0599. The second kappa shape index (κ2) is 6.44. The summed E-state index contributed by atoms with van der Waals surface area (Å²) in [7, 11) is 1.38. The number of carbonyl (C=O) groups is 1. The van der Waals surface area contributed by atoms with Crippen molar-refractivity contribution in [1.29, 1.82) is 0 Å². The molecule has 3 heteroatoms. The van der Waals surface area contributed by atoms with E-state index >= 15 is 0 Å². The number of esters is 1. The first kappa shape index (κ1) is 15.1. The van der Waals surface area contributed by atoms with E-state index in [1.807, 2.05) is 57.2 Å². The first-order valence-electron chi connectivity index (χ1n) is 6.90. The summed E-state index contributed by atoms with van der Waals surface area (Å²) in [5.41, 5.74) is 2.85. The zero-order valence-corrected chi connectivity index (χ0v) is 12.9. The van der Waals surface area contributed by atoms with E-state index < -0.39 is 0 Å². The van der Waals surface area contributed by atoms with E-state index in [9.17, 15) is 4.79 Å². The smallest absolute Gasteiger partial charge is 0.342 e. The van der Waals surface area contributed by atoms with Crippen molar-refractivity contribution in [2.75, 3.05) is 13.7 Å². The van der Waals surface area contributed by atoms with Crippen molar-refractivity contribution in [3.8, 4) is 5.75 Å². The van der Waals surface area contributed by atoms with Crippen LogP contribution in [0.15, 0.2) is 47.5 Å². The van der Waals surface area contributed by atoms with Crippen molar-refractivity contribution in [3.63, 3.8) is 0 Å². The topological polar surface area (TPSA) is 35.5 Å². The fourth-order valence-electron chi connectivity index (χ4n) is 2.01. The Labute approximate surface area is 125 Å². The summed E-state index contributed by atoms with van der Waals surface area (Å²) in [6, 6.07) is 11.5. The van der Waals surface area contributed by atoms with Gasteiger partial charge in [0.05, 0.1) is 7.11 Å². The number of methoxy groups -OCH3 is 1. The summed E-state index contributed by atoms with van der Waals surface area (Å²) in [6.45, 7) is 6.57. The first-order valence-corrected chi connectivity index (χ1v) is 6.90. The SMILES string of the molecule is COC(=O)c1c(OCC(C)=C(C)C)ccc2ccccc12. The highest BCUT2D eigenvalue weighted by Crippen LogP contribution is 2.29. The molecule has 0 spiro atoms. The number of carbonyl (C=O) groups excluding carboxylic acids is 1. The van der Waals surface area contributed by atoms with Crippen LogP contribution in [-0.2, 0) is 4.74 Å². The number of benzene rings is 2. The lowest BCUT2D eigenvalue weighted by Crippen LogP contribution is -2.08. The van der Waals surface area contributed by atoms with Crippen LogP contribution >= 0.6 is 0 Å². The summed E-state index contributed by atoms with van der Waals surface area (Å²) >= 11 is 0. The first-order chi connectivity index (χ1) is 10.0. The van der Waals surface area contributed by atoms with E-state index in [1.54, 1.807) is 0 Å². The van der Waals surface area contributed by atoms with Crippen molar-refractivity contribution in [3.05, 3.63) is 53.1 Å². The van der Waals surface area contributed by atoms with Gasteiger partial charge in [-0.05, 0) is 43.2 Å². The number of fused-ring (bicyclic) bond motifs is 1. The van der Waals surface area contributed by atoms with E-state index in [4.69, 9.17) is 9.47 Å². The summed E-state index contributed by atoms with van der Waals surface area (Å²) in [6.07, 6.45) is 0. The largest absolute Gasteiger partial charge is 0.488 e. The molecule has 110 valence electrons. The minimum Gasteiger partial charge on any atom is -0.488 e. The summed E-state index contributed by atoms with van der Waals surface area (Å²) < 4.78 is 10.7. The van der Waals surface area contributed by atoms with Gasteiger partial charge in [-0.1, -0.05) is 35.9 Å². The average Bonchev–Trinajstić information content (AvgIpc) is 2.50. The van der Waals surface area contributed by atoms with Crippen molar-refractivity contribution >= 4 is 16.7 Å². The maximum Gasteiger partial charge on any atom is 0.342 e. The van der Waals surface area contributed by atoms with Crippen molar-refractivity contribution in [2.24, 2.45) is 0 Å². The van der Waals surface area contributed by atoms with Crippen LogP contribution < -0.4 is 4.74 Å². The zero-order chi connectivity index (χ0) is 15.4. The van der Waals surface area contributed by atoms with Crippen LogP contribution in [-0.4, -0.2) is 19.7 Å². The quantitative estimate of drug-likeness (QED) is 0.618. The fourth-order valence-corrected chi connectivity index (χ4v) is 2.01. The monoisotopic (exact) mass is 284 g/mol. The molecule has 0 saturated carbocycles. The zero-order valence-electron chi connectivity index (χ0n) is 12.9. The minimum atomic E-state index is -0.378. The molecule has 0 amide bonds. The lowest BCUT2D eigenvalue weighted by Gasteiger charge is -2.13. The third-order valence-corrected chi connectivity index (χ3v) is 3.58. The van der Waals surface area contributed by atoms with Gasteiger partial charge in [-0.3, -0.25) is 0 Å². The maximum atomic E-state index is 12.1. The number of rotatable bonds is 4. The van der Waals surface area contributed by atoms with Crippen LogP contribution in [0.5, 0.6) is 5.75 Å². The second-order valence-electron chi connectivity index (χ2n) is 5.22. The molecule has 0 N–H and O–H groups in total. The Balaban J connectivity index is 2.48. The number of hydrogen-bond acceptors (Lipinski definition) is 3. The Bertz CT molecular complexity index is 695. The van der Waals surface area contributed by atoms with Gasteiger partial charge in [-0.25, -0.2) is 4.79 Å². The molecule has 21 heavy (non-hydrogen) atoms. The molecule has 3 nitrogen and oxygen atoms in total. The van der Waals surface area contributed by atoms with Crippen molar-refractivity contribution in [1.82, 2.24) is 0 Å². The van der Waals surface area contributed by atoms with Gasteiger partial charge in [-0.2, -0.15) is 0 Å². The van der Waals surface area contributed by atoms with Gasteiger partial charge in [0.2, 0.25) is 0 Å². The van der Waals surface area contributed by atoms with Crippen LogP contribution in [0.25, 0.3) is 10.8 Å². The molecule has 0 saturated heterocycles. The van der Waals surface area contributed by atoms with Gasteiger partial charge >= 0.3 is 5.97 Å². The van der Waals surface area contributed by atoms with E-state index in [0.717, 1.165) is 16.3 Å².